The molecule has 2 aromatic rings. The summed E-state index contributed by atoms with van der Waals surface area (Å²) in [4.78, 5) is 34.8. The molecule has 2 aliphatic rings. The maximum Gasteiger partial charge on any atom is 0.267 e. The zero-order valence-corrected chi connectivity index (χ0v) is 16.9. The highest BCUT2D eigenvalue weighted by Crippen LogP contribution is 2.33. The van der Waals surface area contributed by atoms with Crippen molar-refractivity contribution in [2.24, 2.45) is 0 Å². The van der Waals surface area contributed by atoms with E-state index in [2.05, 4.69) is 4.90 Å². The zero-order valence-electron chi connectivity index (χ0n) is 15.3. The van der Waals surface area contributed by atoms with Crippen molar-refractivity contribution in [2.75, 3.05) is 24.5 Å². The molecule has 0 N–H and O–H groups in total. The third-order valence-corrected chi connectivity index (χ3v) is 6.23. The van der Waals surface area contributed by atoms with Crippen LogP contribution in [0, 0.1) is 6.92 Å². The van der Waals surface area contributed by atoms with Gasteiger partial charge in [-0.1, -0.05) is 30.0 Å². The Kier molecular flexibility index (Phi) is 4.77. The van der Waals surface area contributed by atoms with Gasteiger partial charge in [0.1, 0.15) is 15.8 Å². The molecular formula is C19H20N4O2S2. The number of carbonyl (C=O) groups excluding carboxylic acids is 1. The van der Waals surface area contributed by atoms with Gasteiger partial charge < -0.3 is 4.90 Å². The van der Waals surface area contributed by atoms with Crippen LogP contribution in [-0.4, -0.2) is 44.1 Å². The molecule has 0 atom stereocenters. The SMILES string of the molecule is CCN1C(=O)/C(=C\c2c(N3CCCC3)nc3ccc(C)cn3c2=O)SC1=S. The highest BCUT2D eigenvalue weighted by molar-refractivity contribution is 8.26. The van der Waals surface area contributed by atoms with Crippen LogP contribution in [0.3, 0.4) is 0 Å². The first-order chi connectivity index (χ1) is 13.0. The smallest absolute Gasteiger partial charge is 0.267 e. The van der Waals surface area contributed by atoms with Crippen LogP contribution in [0.4, 0.5) is 5.82 Å². The highest BCUT2D eigenvalue weighted by atomic mass is 32.2. The van der Waals surface area contributed by atoms with Crippen molar-refractivity contribution in [1.82, 2.24) is 14.3 Å². The Morgan fingerprint density at radius 2 is 2.00 bits per heavy atom. The zero-order chi connectivity index (χ0) is 19.1. The highest BCUT2D eigenvalue weighted by Gasteiger charge is 2.32. The number of rotatable bonds is 3. The number of aryl methyl sites for hydroxylation is 1. The standard InChI is InChI=1S/C19H20N4O2S2/c1-3-22-18(25)14(27-19(22)26)10-13-16(21-8-4-5-9-21)20-15-7-6-12(2)11-23(15)17(13)24/h6-7,10-11H,3-5,8-9H2,1-2H3/b14-10+. The normalized spacial score (nSPS) is 19.1. The number of thioether (sulfide) groups is 1. The number of anilines is 1. The molecule has 4 heterocycles. The molecule has 2 saturated heterocycles. The minimum atomic E-state index is -0.160. The second-order valence-electron chi connectivity index (χ2n) is 6.71. The van der Waals surface area contributed by atoms with Gasteiger partial charge in [-0.2, -0.15) is 0 Å². The molecule has 140 valence electrons. The van der Waals surface area contributed by atoms with E-state index in [0.717, 1.165) is 31.5 Å². The van der Waals surface area contributed by atoms with Gasteiger partial charge in [0, 0.05) is 25.8 Å². The van der Waals surface area contributed by atoms with Gasteiger partial charge in [0.05, 0.1) is 10.5 Å². The van der Waals surface area contributed by atoms with Gasteiger partial charge in [-0.3, -0.25) is 18.9 Å². The maximum absolute atomic E-state index is 13.3. The first kappa shape index (κ1) is 18.2. The quantitative estimate of drug-likeness (QED) is 0.583. The number of thiocarbonyl (C=S) groups is 1. The molecule has 4 rings (SSSR count). The predicted octanol–water partition coefficient (Wildman–Crippen LogP) is 2.82. The van der Waals surface area contributed by atoms with Crippen LogP contribution in [0.25, 0.3) is 11.7 Å². The fourth-order valence-electron chi connectivity index (χ4n) is 3.45. The molecule has 8 heteroatoms. The monoisotopic (exact) mass is 400 g/mol. The van der Waals surface area contributed by atoms with E-state index in [1.807, 2.05) is 26.0 Å². The van der Waals surface area contributed by atoms with E-state index in [-0.39, 0.29) is 11.5 Å². The van der Waals surface area contributed by atoms with Crippen LogP contribution in [0.2, 0.25) is 0 Å². The molecule has 2 fully saturated rings. The fraction of sp³-hybridized carbons (Fsp3) is 0.368. The van der Waals surface area contributed by atoms with Crippen molar-refractivity contribution >= 4 is 51.7 Å². The topological polar surface area (TPSA) is 57.9 Å². The van der Waals surface area contributed by atoms with E-state index in [1.54, 1.807) is 21.6 Å². The lowest BCUT2D eigenvalue weighted by Crippen LogP contribution is -2.28. The molecule has 0 saturated carbocycles. The summed E-state index contributed by atoms with van der Waals surface area (Å²) in [5.41, 5.74) is 1.89. The molecule has 2 aromatic heterocycles. The summed E-state index contributed by atoms with van der Waals surface area (Å²) in [6.07, 6.45) is 5.61. The Bertz CT molecular complexity index is 1040. The molecule has 0 radical (unpaired) electrons. The molecule has 0 aromatic carbocycles. The summed E-state index contributed by atoms with van der Waals surface area (Å²) in [6.45, 7) is 6.08. The van der Waals surface area contributed by atoms with Gasteiger partial charge in [-0.25, -0.2) is 4.98 Å². The van der Waals surface area contributed by atoms with Crippen LogP contribution in [0.5, 0.6) is 0 Å². The number of nitrogens with zero attached hydrogens (tertiary/aromatic N) is 4. The summed E-state index contributed by atoms with van der Waals surface area (Å²) in [5.74, 6) is 0.511. The van der Waals surface area contributed by atoms with Crippen molar-refractivity contribution in [1.29, 1.82) is 0 Å². The summed E-state index contributed by atoms with van der Waals surface area (Å²) >= 11 is 6.54. The third-order valence-electron chi connectivity index (χ3n) is 4.86. The number of carbonyl (C=O) groups is 1. The summed E-state index contributed by atoms with van der Waals surface area (Å²) in [6, 6.07) is 3.80. The number of fused-ring (bicyclic) bond motifs is 1. The molecule has 6 nitrogen and oxygen atoms in total. The number of pyridine rings is 1. The summed E-state index contributed by atoms with van der Waals surface area (Å²) < 4.78 is 2.09. The van der Waals surface area contributed by atoms with Crippen LogP contribution in [0.15, 0.2) is 28.0 Å². The second kappa shape index (κ2) is 7.09. The van der Waals surface area contributed by atoms with Gasteiger partial charge in [0.15, 0.2) is 0 Å². The van der Waals surface area contributed by atoms with Crippen molar-refractivity contribution < 1.29 is 4.79 Å². The van der Waals surface area contributed by atoms with E-state index >= 15 is 0 Å². The fourth-order valence-corrected chi connectivity index (χ4v) is 4.81. The first-order valence-electron chi connectivity index (χ1n) is 9.03. The Morgan fingerprint density at radius 3 is 2.67 bits per heavy atom. The molecule has 27 heavy (non-hydrogen) atoms. The van der Waals surface area contributed by atoms with Crippen LogP contribution >= 0.6 is 24.0 Å². The molecule has 0 aliphatic carbocycles. The van der Waals surface area contributed by atoms with E-state index in [9.17, 15) is 9.59 Å². The summed E-state index contributed by atoms with van der Waals surface area (Å²) in [7, 11) is 0. The Morgan fingerprint density at radius 1 is 1.26 bits per heavy atom. The Balaban J connectivity index is 1.92. The Labute approximate surface area is 166 Å². The number of hydrogen-bond donors (Lipinski definition) is 0. The third kappa shape index (κ3) is 3.17. The molecule has 0 unspecified atom stereocenters. The van der Waals surface area contributed by atoms with Gasteiger partial charge in [0.25, 0.3) is 11.5 Å². The lowest BCUT2D eigenvalue weighted by Gasteiger charge is -2.19. The van der Waals surface area contributed by atoms with Gasteiger partial charge in [0.2, 0.25) is 0 Å². The molecule has 0 bridgehead atoms. The Hall–Kier alpha value is -2.19. The van der Waals surface area contributed by atoms with Crippen LogP contribution in [-0.2, 0) is 4.79 Å². The van der Waals surface area contributed by atoms with Crippen molar-refractivity contribution in [3.63, 3.8) is 0 Å². The van der Waals surface area contributed by atoms with Gasteiger partial charge >= 0.3 is 0 Å². The number of aromatic nitrogens is 2. The van der Waals surface area contributed by atoms with Crippen molar-refractivity contribution in [3.05, 3.63) is 44.7 Å². The van der Waals surface area contributed by atoms with Crippen LogP contribution < -0.4 is 10.5 Å². The molecule has 1 amide bonds. The van der Waals surface area contributed by atoms with E-state index in [1.165, 1.54) is 11.8 Å². The first-order valence-corrected chi connectivity index (χ1v) is 10.3. The van der Waals surface area contributed by atoms with Gasteiger partial charge in [-0.05, 0) is 44.4 Å². The number of amides is 1. The molecule has 2 aliphatic heterocycles. The molecule has 0 spiro atoms. The van der Waals surface area contributed by atoms with E-state index < -0.39 is 0 Å². The predicted molar refractivity (Wildman–Crippen MR) is 113 cm³/mol. The van der Waals surface area contributed by atoms with Crippen molar-refractivity contribution in [2.45, 2.75) is 26.7 Å². The average Bonchev–Trinajstić information content (AvgIpc) is 3.26. The molecular weight excluding hydrogens is 380 g/mol. The number of likely N-dealkylation sites (N-methyl/N-ethyl adjacent to an activating group) is 1. The average molecular weight is 401 g/mol. The maximum atomic E-state index is 13.3. The minimum absolute atomic E-state index is 0.145. The summed E-state index contributed by atoms with van der Waals surface area (Å²) in [5, 5.41) is 0. The van der Waals surface area contributed by atoms with Gasteiger partial charge in [-0.15, -0.1) is 0 Å². The lowest BCUT2D eigenvalue weighted by atomic mass is 10.2. The van der Waals surface area contributed by atoms with Crippen molar-refractivity contribution in [3.8, 4) is 0 Å². The second-order valence-corrected chi connectivity index (χ2v) is 8.38. The van der Waals surface area contributed by atoms with Crippen LogP contribution in [0.1, 0.15) is 30.9 Å². The van der Waals surface area contributed by atoms with E-state index in [4.69, 9.17) is 17.2 Å². The minimum Gasteiger partial charge on any atom is -0.356 e. The van der Waals surface area contributed by atoms with E-state index in [0.29, 0.717) is 32.8 Å². The lowest BCUT2D eigenvalue weighted by molar-refractivity contribution is -0.121. The number of hydrogen-bond acceptors (Lipinski definition) is 6. The largest absolute Gasteiger partial charge is 0.356 e.